The van der Waals surface area contributed by atoms with Crippen LogP contribution >= 0.6 is 0 Å². The van der Waals surface area contributed by atoms with Crippen molar-refractivity contribution < 1.29 is 14.4 Å². The van der Waals surface area contributed by atoms with E-state index in [2.05, 4.69) is 10.1 Å². The van der Waals surface area contributed by atoms with Crippen LogP contribution in [0.1, 0.15) is 69.3 Å². The largest absolute Gasteiger partial charge is 0.396 e. The molecule has 0 bridgehead atoms. The van der Waals surface area contributed by atoms with E-state index in [4.69, 9.17) is 20.1 Å². The number of rotatable bonds is 7. The maximum Gasteiger partial charge on any atom is 0.243 e. The first kappa shape index (κ1) is 15.4. The molecule has 1 heterocycles. The first-order valence-corrected chi connectivity index (χ1v) is 7.57. The average Bonchev–Trinajstić information content (AvgIpc) is 2.95. The third-order valence-corrected chi connectivity index (χ3v) is 3.89. The van der Waals surface area contributed by atoms with Crippen molar-refractivity contribution in [2.75, 3.05) is 13.2 Å². The molecular formula is C14H25N3O3. The summed E-state index contributed by atoms with van der Waals surface area (Å²) >= 11 is 0. The van der Waals surface area contributed by atoms with E-state index in [1.807, 2.05) is 6.92 Å². The van der Waals surface area contributed by atoms with Crippen molar-refractivity contribution in [1.29, 1.82) is 0 Å². The highest BCUT2D eigenvalue weighted by atomic mass is 16.5. The van der Waals surface area contributed by atoms with E-state index in [0.717, 1.165) is 12.8 Å². The molecule has 1 aliphatic rings. The Morgan fingerprint density at radius 1 is 1.40 bits per heavy atom. The van der Waals surface area contributed by atoms with Gasteiger partial charge in [-0.25, -0.2) is 0 Å². The summed E-state index contributed by atoms with van der Waals surface area (Å²) < 4.78 is 11.1. The Morgan fingerprint density at radius 3 is 2.80 bits per heavy atom. The zero-order valence-corrected chi connectivity index (χ0v) is 12.1. The van der Waals surface area contributed by atoms with Gasteiger partial charge in [0.15, 0.2) is 0 Å². The van der Waals surface area contributed by atoms with Crippen LogP contribution < -0.4 is 5.73 Å². The third kappa shape index (κ3) is 3.77. The molecule has 0 spiro atoms. The number of nitrogens with two attached hydrogens (primary N) is 1. The maximum absolute atomic E-state index is 8.91. The number of ether oxygens (including phenoxy) is 1. The molecule has 0 saturated heterocycles. The third-order valence-electron chi connectivity index (χ3n) is 3.89. The van der Waals surface area contributed by atoms with Crippen LogP contribution in [-0.2, 0) is 4.74 Å². The molecule has 1 aromatic rings. The van der Waals surface area contributed by atoms with Crippen LogP contribution in [0.4, 0.5) is 0 Å². The molecular weight excluding hydrogens is 258 g/mol. The lowest BCUT2D eigenvalue weighted by Gasteiger charge is -2.27. The van der Waals surface area contributed by atoms with Crippen LogP contribution in [0.5, 0.6) is 0 Å². The number of hydrogen-bond donors (Lipinski definition) is 2. The number of hydrogen-bond acceptors (Lipinski definition) is 6. The summed E-state index contributed by atoms with van der Waals surface area (Å²) in [7, 11) is 0. The monoisotopic (exact) mass is 283 g/mol. The van der Waals surface area contributed by atoms with Crippen molar-refractivity contribution in [1.82, 2.24) is 10.1 Å². The molecule has 6 heteroatoms. The minimum absolute atomic E-state index is 0.0103. The molecule has 0 amide bonds. The molecule has 1 fully saturated rings. The zero-order chi connectivity index (χ0) is 14.4. The molecule has 2 rings (SSSR count). The van der Waals surface area contributed by atoms with Gasteiger partial charge in [0.1, 0.15) is 6.10 Å². The molecule has 3 N–H and O–H groups in total. The topological polar surface area (TPSA) is 94.4 Å². The summed E-state index contributed by atoms with van der Waals surface area (Å²) in [5, 5.41) is 12.9. The lowest BCUT2D eigenvalue weighted by molar-refractivity contribution is -0.00145. The van der Waals surface area contributed by atoms with Gasteiger partial charge in [-0.2, -0.15) is 4.98 Å². The second kappa shape index (κ2) is 7.71. The normalized spacial score (nSPS) is 19.9. The molecule has 0 aromatic carbocycles. The summed E-state index contributed by atoms with van der Waals surface area (Å²) in [6.45, 7) is 2.62. The van der Waals surface area contributed by atoms with E-state index >= 15 is 0 Å². The van der Waals surface area contributed by atoms with Gasteiger partial charge in [-0.15, -0.1) is 0 Å². The molecule has 2 unspecified atom stereocenters. The highest BCUT2D eigenvalue weighted by Crippen LogP contribution is 2.36. The Morgan fingerprint density at radius 2 is 2.15 bits per heavy atom. The lowest BCUT2D eigenvalue weighted by atomic mass is 9.85. The second-order valence-electron chi connectivity index (χ2n) is 5.38. The van der Waals surface area contributed by atoms with Gasteiger partial charge in [0.05, 0.1) is 6.04 Å². The van der Waals surface area contributed by atoms with Crippen molar-refractivity contribution in [2.45, 2.75) is 57.6 Å². The van der Waals surface area contributed by atoms with Crippen molar-refractivity contribution in [2.24, 2.45) is 11.7 Å². The van der Waals surface area contributed by atoms with Crippen LogP contribution in [0, 0.1) is 5.92 Å². The van der Waals surface area contributed by atoms with Crippen LogP contribution in [0.25, 0.3) is 0 Å². The van der Waals surface area contributed by atoms with Gasteiger partial charge in [0.25, 0.3) is 0 Å². The smallest absolute Gasteiger partial charge is 0.243 e. The average molecular weight is 283 g/mol. The second-order valence-corrected chi connectivity index (χ2v) is 5.38. The van der Waals surface area contributed by atoms with E-state index < -0.39 is 6.04 Å². The Balaban J connectivity index is 2.08. The van der Waals surface area contributed by atoms with Gasteiger partial charge in [0, 0.05) is 13.2 Å². The predicted octanol–water partition coefficient (Wildman–Crippen LogP) is 2.11. The fourth-order valence-electron chi connectivity index (χ4n) is 2.81. The fraction of sp³-hybridized carbons (Fsp3) is 0.857. The molecule has 20 heavy (non-hydrogen) atoms. The summed E-state index contributed by atoms with van der Waals surface area (Å²) in [4.78, 5) is 4.38. The zero-order valence-electron chi connectivity index (χ0n) is 12.1. The molecule has 1 aliphatic carbocycles. The van der Waals surface area contributed by atoms with E-state index in [0.29, 0.717) is 30.7 Å². The lowest BCUT2D eigenvalue weighted by Crippen LogP contribution is -2.20. The summed E-state index contributed by atoms with van der Waals surface area (Å²) in [5.41, 5.74) is 5.87. The Hall–Kier alpha value is -0.980. The molecule has 6 nitrogen and oxygen atoms in total. The Kier molecular flexibility index (Phi) is 5.94. The van der Waals surface area contributed by atoms with Crippen LogP contribution in [-0.4, -0.2) is 28.5 Å². The predicted molar refractivity (Wildman–Crippen MR) is 73.9 cm³/mol. The minimum Gasteiger partial charge on any atom is -0.396 e. The maximum atomic E-state index is 8.91. The fourth-order valence-corrected chi connectivity index (χ4v) is 2.81. The van der Waals surface area contributed by atoms with Crippen molar-refractivity contribution in [3.05, 3.63) is 11.7 Å². The highest BCUT2D eigenvalue weighted by molar-refractivity contribution is 4.97. The van der Waals surface area contributed by atoms with E-state index in [1.165, 1.54) is 19.3 Å². The van der Waals surface area contributed by atoms with E-state index in [-0.39, 0.29) is 12.7 Å². The Labute approximate surface area is 119 Å². The van der Waals surface area contributed by atoms with Gasteiger partial charge in [-0.1, -0.05) is 24.4 Å². The molecule has 114 valence electrons. The molecule has 1 saturated carbocycles. The molecule has 2 atom stereocenters. The van der Waals surface area contributed by atoms with Crippen molar-refractivity contribution >= 4 is 0 Å². The quantitative estimate of drug-likeness (QED) is 0.796. The first-order chi connectivity index (χ1) is 9.76. The first-order valence-electron chi connectivity index (χ1n) is 7.57. The summed E-state index contributed by atoms with van der Waals surface area (Å²) in [5.74, 6) is 1.44. The van der Waals surface area contributed by atoms with Crippen LogP contribution in [0.2, 0.25) is 0 Å². The highest BCUT2D eigenvalue weighted by Gasteiger charge is 2.30. The standard InChI is InChI=1S/C14H25N3O3/c1-2-19-12(10-6-4-3-5-7-10)13-16-14(20-17-13)11(15)8-9-18/h10-12,18H,2-9,15H2,1H3. The summed E-state index contributed by atoms with van der Waals surface area (Å²) in [6.07, 6.45) is 6.40. The molecule has 1 aromatic heterocycles. The summed E-state index contributed by atoms with van der Waals surface area (Å²) in [6, 6.07) is -0.408. The van der Waals surface area contributed by atoms with Gasteiger partial charge < -0.3 is 20.1 Å². The van der Waals surface area contributed by atoms with Gasteiger partial charge >= 0.3 is 0 Å². The van der Waals surface area contributed by atoms with Crippen molar-refractivity contribution in [3.8, 4) is 0 Å². The number of aliphatic hydroxyl groups is 1. The number of nitrogens with zero attached hydrogens (tertiary/aromatic N) is 2. The minimum atomic E-state index is -0.408. The SMILES string of the molecule is CCOC(c1noc(C(N)CCO)n1)C1CCCCC1. The van der Waals surface area contributed by atoms with E-state index in [1.54, 1.807) is 0 Å². The van der Waals surface area contributed by atoms with Gasteiger partial charge in [-0.05, 0) is 32.1 Å². The number of aromatic nitrogens is 2. The van der Waals surface area contributed by atoms with E-state index in [9.17, 15) is 0 Å². The Bertz CT molecular complexity index is 391. The van der Waals surface area contributed by atoms with Crippen LogP contribution in [0.15, 0.2) is 4.52 Å². The van der Waals surface area contributed by atoms with Crippen molar-refractivity contribution in [3.63, 3.8) is 0 Å². The molecule has 0 radical (unpaired) electrons. The van der Waals surface area contributed by atoms with Gasteiger partial charge in [0.2, 0.25) is 11.7 Å². The van der Waals surface area contributed by atoms with Gasteiger partial charge in [-0.3, -0.25) is 0 Å². The molecule has 0 aliphatic heterocycles. The van der Waals surface area contributed by atoms with Crippen LogP contribution in [0.3, 0.4) is 0 Å². The number of aliphatic hydroxyl groups excluding tert-OH is 1.